The van der Waals surface area contributed by atoms with Crippen LogP contribution in [-0.2, 0) is 0 Å². The third-order valence-electron chi connectivity index (χ3n) is 1.79. The summed E-state index contributed by atoms with van der Waals surface area (Å²) in [5.74, 6) is 0. The number of benzene rings is 1. The number of urea groups is 1. The Morgan fingerprint density at radius 3 is 2.33 bits per heavy atom. The lowest BCUT2D eigenvalue weighted by atomic mass is 10.1. The fraction of sp³-hybridized carbons (Fsp3) is 0.222. The predicted molar refractivity (Wildman–Crippen MR) is 59.0 cm³/mol. The first-order valence-corrected chi connectivity index (χ1v) is 4.91. The molecule has 6 heteroatoms. The van der Waals surface area contributed by atoms with Crippen LogP contribution in [0.25, 0.3) is 0 Å². The number of hydrogen-bond acceptors (Lipinski definition) is 2. The minimum atomic E-state index is -0.717. The first kappa shape index (κ1) is 12.1. The molecule has 15 heavy (non-hydrogen) atoms. The van der Waals surface area contributed by atoms with Crippen molar-refractivity contribution in [1.82, 2.24) is 5.32 Å². The molecule has 0 heterocycles. The van der Waals surface area contributed by atoms with E-state index in [0.717, 1.165) is 0 Å². The van der Waals surface area contributed by atoms with Gasteiger partial charge in [-0.1, -0.05) is 23.2 Å². The number of rotatable bonds is 3. The zero-order valence-corrected chi connectivity index (χ0v) is 9.22. The van der Waals surface area contributed by atoms with Gasteiger partial charge in [-0.3, -0.25) is 0 Å². The lowest BCUT2D eigenvalue weighted by molar-refractivity contribution is 0.223. The van der Waals surface area contributed by atoms with Crippen molar-refractivity contribution in [2.45, 2.75) is 6.04 Å². The van der Waals surface area contributed by atoms with Gasteiger partial charge in [-0.2, -0.15) is 0 Å². The van der Waals surface area contributed by atoms with Gasteiger partial charge in [-0.15, -0.1) is 0 Å². The first-order chi connectivity index (χ1) is 7.02. The van der Waals surface area contributed by atoms with E-state index in [4.69, 9.17) is 34.0 Å². The van der Waals surface area contributed by atoms with E-state index < -0.39 is 12.1 Å². The van der Waals surface area contributed by atoms with Crippen molar-refractivity contribution in [2.24, 2.45) is 5.73 Å². The maximum atomic E-state index is 10.6. The standard InChI is InChI=1S/C9H10Cl2N2O2/c10-6-1-5(2-7(11)3-6)8(4-14)13-9(12)15/h1-3,8,14H,4H2,(H3,12,13,15). The number of aliphatic hydroxyl groups is 1. The Balaban J connectivity index is 2.95. The SMILES string of the molecule is NC(=O)NC(CO)c1cc(Cl)cc(Cl)c1. The van der Waals surface area contributed by atoms with E-state index in [0.29, 0.717) is 15.6 Å². The summed E-state index contributed by atoms with van der Waals surface area (Å²) in [5, 5.41) is 12.3. The number of hydrogen-bond donors (Lipinski definition) is 3. The summed E-state index contributed by atoms with van der Waals surface area (Å²) in [6, 6.07) is 3.45. The van der Waals surface area contributed by atoms with Crippen molar-refractivity contribution in [3.63, 3.8) is 0 Å². The fourth-order valence-electron chi connectivity index (χ4n) is 1.18. The van der Waals surface area contributed by atoms with Gasteiger partial charge in [-0.25, -0.2) is 4.79 Å². The highest BCUT2D eigenvalue weighted by atomic mass is 35.5. The molecule has 82 valence electrons. The summed E-state index contributed by atoms with van der Waals surface area (Å²) < 4.78 is 0. The van der Waals surface area contributed by atoms with E-state index in [1.165, 1.54) is 0 Å². The maximum absolute atomic E-state index is 10.6. The molecular formula is C9H10Cl2N2O2. The Hall–Kier alpha value is -0.970. The van der Waals surface area contributed by atoms with E-state index in [2.05, 4.69) is 5.32 Å². The Morgan fingerprint density at radius 2 is 1.93 bits per heavy atom. The molecule has 0 spiro atoms. The molecule has 0 fully saturated rings. The average molecular weight is 249 g/mol. The largest absolute Gasteiger partial charge is 0.394 e. The second-order valence-electron chi connectivity index (χ2n) is 2.95. The molecule has 0 aliphatic carbocycles. The van der Waals surface area contributed by atoms with Gasteiger partial charge in [0.1, 0.15) is 0 Å². The van der Waals surface area contributed by atoms with Crippen molar-refractivity contribution in [1.29, 1.82) is 0 Å². The Kier molecular flexibility index (Phi) is 4.20. The zero-order valence-electron chi connectivity index (χ0n) is 7.71. The highest BCUT2D eigenvalue weighted by Gasteiger charge is 2.12. The third-order valence-corrected chi connectivity index (χ3v) is 2.22. The number of carbonyl (C=O) groups is 1. The van der Waals surface area contributed by atoms with Gasteiger partial charge >= 0.3 is 6.03 Å². The van der Waals surface area contributed by atoms with Gasteiger partial charge in [0.25, 0.3) is 0 Å². The van der Waals surface area contributed by atoms with Crippen LogP contribution in [0.4, 0.5) is 4.79 Å². The second-order valence-corrected chi connectivity index (χ2v) is 3.82. The first-order valence-electron chi connectivity index (χ1n) is 4.15. The van der Waals surface area contributed by atoms with E-state index in [1.807, 2.05) is 0 Å². The summed E-state index contributed by atoms with van der Waals surface area (Å²) in [6.07, 6.45) is 0. The molecule has 1 atom stereocenters. The van der Waals surface area contributed by atoms with Crippen molar-refractivity contribution < 1.29 is 9.90 Å². The molecule has 4 nitrogen and oxygen atoms in total. The van der Waals surface area contributed by atoms with Gasteiger partial charge < -0.3 is 16.2 Å². The molecule has 0 saturated heterocycles. The van der Waals surface area contributed by atoms with Crippen LogP contribution in [-0.4, -0.2) is 17.7 Å². The van der Waals surface area contributed by atoms with Crippen LogP contribution in [0.5, 0.6) is 0 Å². The summed E-state index contributed by atoms with van der Waals surface area (Å²) >= 11 is 11.6. The summed E-state index contributed by atoms with van der Waals surface area (Å²) in [7, 11) is 0. The third kappa shape index (κ3) is 3.58. The number of nitrogens with one attached hydrogen (secondary N) is 1. The topological polar surface area (TPSA) is 75.4 Å². The van der Waals surface area contributed by atoms with Gasteiger partial charge in [0.15, 0.2) is 0 Å². The van der Waals surface area contributed by atoms with E-state index >= 15 is 0 Å². The van der Waals surface area contributed by atoms with Crippen LogP contribution in [0.1, 0.15) is 11.6 Å². The molecule has 0 aliphatic heterocycles. The molecule has 1 aromatic rings. The highest BCUT2D eigenvalue weighted by molar-refractivity contribution is 6.34. The quantitative estimate of drug-likeness (QED) is 0.762. The van der Waals surface area contributed by atoms with Crippen LogP contribution < -0.4 is 11.1 Å². The summed E-state index contributed by atoms with van der Waals surface area (Å²) in [6.45, 7) is -0.278. The van der Waals surface area contributed by atoms with Gasteiger partial charge in [0.2, 0.25) is 0 Å². The average Bonchev–Trinajstić information content (AvgIpc) is 2.12. The van der Waals surface area contributed by atoms with Crippen molar-refractivity contribution in [2.75, 3.05) is 6.61 Å². The summed E-state index contributed by atoms with van der Waals surface area (Å²) in [5.41, 5.74) is 5.56. The lowest BCUT2D eigenvalue weighted by Crippen LogP contribution is -2.34. The number of aliphatic hydroxyl groups excluding tert-OH is 1. The number of nitrogens with two attached hydrogens (primary N) is 1. The molecule has 4 N–H and O–H groups in total. The molecule has 1 aromatic carbocycles. The van der Waals surface area contributed by atoms with Crippen molar-refractivity contribution in [3.8, 4) is 0 Å². The van der Waals surface area contributed by atoms with Crippen molar-refractivity contribution in [3.05, 3.63) is 33.8 Å². The van der Waals surface area contributed by atoms with E-state index in [9.17, 15) is 4.79 Å². The molecule has 0 saturated carbocycles. The summed E-state index contributed by atoms with van der Waals surface area (Å²) in [4.78, 5) is 10.6. The van der Waals surface area contributed by atoms with Crippen molar-refractivity contribution >= 4 is 29.2 Å². The Bertz CT molecular complexity index is 351. The molecule has 2 amide bonds. The molecule has 0 radical (unpaired) electrons. The van der Waals surface area contributed by atoms with Crippen LogP contribution in [0.3, 0.4) is 0 Å². The van der Waals surface area contributed by atoms with Gasteiger partial charge in [0, 0.05) is 10.0 Å². The molecule has 0 aromatic heterocycles. The minimum absolute atomic E-state index is 0.278. The highest BCUT2D eigenvalue weighted by Crippen LogP contribution is 2.23. The maximum Gasteiger partial charge on any atom is 0.312 e. The predicted octanol–water partition coefficient (Wildman–Crippen LogP) is 1.70. The normalized spacial score (nSPS) is 12.2. The number of amides is 2. The smallest absolute Gasteiger partial charge is 0.312 e. The molecule has 0 bridgehead atoms. The number of halogens is 2. The zero-order chi connectivity index (χ0) is 11.4. The second kappa shape index (κ2) is 5.21. The van der Waals surface area contributed by atoms with Crippen LogP contribution in [0.2, 0.25) is 10.0 Å². The van der Waals surface area contributed by atoms with Crippen LogP contribution >= 0.6 is 23.2 Å². The van der Waals surface area contributed by atoms with Gasteiger partial charge in [-0.05, 0) is 23.8 Å². The van der Waals surface area contributed by atoms with E-state index in [1.54, 1.807) is 18.2 Å². The van der Waals surface area contributed by atoms with Crippen LogP contribution in [0, 0.1) is 0 Å². The van der Waals surface area contributed by atoms with Gasteiger partial charge in [0.05, 0.1) is 12.6 Å². The molecular weight excluding hydrogens is 239 g/mol. The molecule has 1 rings (SSSR count). The van der Waals surface area contributed by atoms with Crippen LogP contribution in [0.15, 0.2) is 18.2 Å². The Labute approximate surface area is 97.0 Å². The Morgan fingerprint density at radius 1 is 1.40 bits per heavy atom. The lowest BCUT2D eigenvalue weighted by Gasteiger charge is -2.15. The monoisotopic (exact) mass is 248 g/mol. The number of primary amides is 1. The number of carbonyl (C=O) groups excluding carboxylic acids is 1. The molecule has 1 unspecified atom stereocenters. The fourth-order valence-corrected chi connectivity index (χ4v) is 1.73. The minimum Gasteiger partial charge on any atom is -0.394 e. The molecule has 0 aliphatic rings. The van der Waals surface area contributed by atoms with E-state index in [-0.39, 0.29) is 6.61 Å².